The third-order valence-electron chi connectivity index (χ3n) is 4.42. The quantitative estimate of drug-likeness (QED) is 0.326. The van der Waals surface area contributed by atoms with Gasteiger partial charge in [0, 0.05) is 19.4 Å². The molecule has 1 aromatic carbocycles. The van der Waals surface area contributed by atoms with Gasteiger partial charge < -0.3 is 15.2 Å². The van der Waals surface area contributed by atoms with Crippen molar-refractivity contribution in [2.24, 2.45) is 0 Å². The lowest BCUT2D eigenvalue weighted by Gasteiger charge is -2.04. The van der Waals surface area contributed by atoms with E-state index in [0.717, 1.165) is 18.9 Å². The van der Waals surface area contributed by atoms with Gasteiger partial charge in [-0.25, -0.2) is 0 Å². The van der Waals surface area contributed by atoms with Crippen LogP contribution in [-0.2, 0) is 15.9 Å². The number of benzene rings is 1. The standard InChI is InChI=1S/C21H37NO2/c1-23-18-19-24-17-11-9-7-5-3-2-4-6-8-10-12-20-13-15-21(22)16-14-20/h13-16H,2-12,17-19,22H2,1H3. The summed E-state index contributed by atoms with van der Waals surface area (Å²) in [7, 11) is 1.71. The second kappa shape index (κ2) is 15.5. The molecule has 0 saturated heterocycles. The van der Waals surface area contributed by atoms with Gasteiger partial charge in [-0.1, -0.05) is 63.5 Å². The van der Waals surface area contributed by atoms with Crippen LogP contribution in [0.4, 0.5) is 5.69 Å². The first-order valence-corrected chi connectivity index (χ1v) is 9.74. The van der Waals surface area contributed by atoms with E-state index in [9.17, 15) is 0 Å². The summed E-state index contributed by atoms with van der Waals surface area (Å²) in [5, 5.41) is 0. The SMILES string of the molecule is COCCOCCCCCCCCCCCCc1ccc(N)cc1. The van der Waals surface area contributed by atoms with E-state index in [-0.39, 0.29) is 0 Å². The Morgan fingerprint density at radius 3 is 1.79 bits per heavy atom. The molecule has 1 aromatic rings. The van der Waals surface area contributed by atoms with Crippen LogP contribution in [-0.4, -0.2) is 26.9 Å². The number of nitrogen functional groups attached to an aromatic ring is 1. The molecule has 0 atom stereocenters. The molecule has 2 N–H and O–H groups in total. The highest BCUT2D eigenvalue weighted by atomic mass is 16.5. The van der Waals surface area contributed by atoms with Crippen molar-refractivity contribution in [2.75, 3.05) is 32.7 Å². The van der Waals surface area contributed by atoms with Crippen LogP contribution < -0.4 is 5.73 Å². The van der Waals surface area contributed by atoms with Gasteiger partial charge in [0.25, 0.3) is 0 Å². The molecule has 24 heavy (non-hydrogen) atoms. The molecule has 0 aromatic heterocycles. The molecule has 0 aliphatic carbocycles. The molecule has 0 unspecified atom stereocenters. The number of unbranched alkanes of at least 4 members (excludes halogenated alkanes) is 9. The highest BCUT2D eigenvalue weighted by Crippen LogP contribution is 2.13. The molecule has 1 rings (SSSR count). The highest BCUT2D eigenvalue weighted by molar-refractivity contribution is 5.39. The maximum Gasteiger partial charge on any atom is 0.0700 e. The van der Waals surface area contributed by atoms with Crippen molar-refractivity contribution in [2.45, 2.75) is 70.6 Å². The van der Waals surface area contributed by atoms with E-state index in [1.54, 1.807) is 7.11 Å². The Labute approximate surface area is 148 Å². The van der Waals surface area contributed by atoms with Crippen LogP contribution in [0.2, 0.25) is 0 Å². The van der Waals surface area contributed by atoms with Crippen LogP contribution in [0.5, 0.6) is 0 Å². The van der Waals surface area contributed by atoms with Gasteiger partial charge in [-0.15, -0.1) is 0 Å². The van der Waals surface area contributed by atoms with Crippen LogP contribution in [0, 0.1) is 0 Å². The average molecular weight is 336 g/mol. The molecule has 3 nitrogen and oxygen atoms in total. The van der Waals surface area contributed by atoms with Crippen molar-refractivity contribution in [1.82, 2.24) is 0 Å². The van der Waals surface area contributed by atoms with Gasteiger partial charge in [-0.05, 0) is 37.0 Å². The summed E-state index contributed by atoms with van der Waals surface area (Å²) in [6.45, 7) is 2.33. The van der Waals surface area contributed by atoms with Gasteiger partial charge in [-0.3, -0.25) is 0 Å². The van der Waals surface area contributed by atoms with E-state index in [1.165, 1.54) is 76.2 Å². The minimum absolute atomic E-state index is 0.708. The maximum atomic E-state index is 5.70. The Hall–Kier alpha value is -1.06. The third kappa shape index (κ3) is 12.4. The molecule has 138 valence electrons. The Bertz CT molecular complexity index is 378. The van der Waals surface area contributed by atoms with E-state index in [4.69, 9.17) is 15.2 Å². The molecule has 0 bridgehead atoms. The van der Waals surface area contributed by atoms with Crippen molar-refractivity contribution in [1.29, 1.82) is 0 Å². The minimum atomic E-state index is 0.708. The van der Waals surface area contributed by atoms with Crippen LogP contribution >= 0.6 is 0 Å². The normalized spacial score (nSPS) is 11.0. The Morgan fingerprint density at radius 1 is 0.667 bits per heavy atom. The number of aryl methyl sites for hydroxylation is 1. The highest BCUT2D eigenvalue weighted by Gasteiger charge is 1.96. The van der Waals surface area contributed by atoms with Gasteiger partial charge in [0.1, 0.15) is 0 Å². The van der Waals surface area contributed by atoms with E-state index in [1.807, 2.05) is 12.1 Å². The minimum Gasteiger partial charge on any atom is -0.399 e. The molecule has 0 fully saturated rings. The van der Waals surface area contributed by atoms with Crippen molar-refractivity contribution < 1.29 is 9.47 Å². The smallest absolute Gasteiger partial charge is 0.0700 e. The third-order valence-corrected chi connectivity index (χ3v) is 4.42. The Kier molecular flexibility index (Phi) is 13.5. The molecule has 0 spiro atoms. The first kappa shape index (κ1) is 21.0. The van der Waals surface area contributed by atoms with Crippen molar-refractivity contribution in [3.05, 3.63) is 29.8 Å². The summed E-state index contributed by atoms with van der Waals surface area (Å²) in [5.74, 6) is 0. The maximum absolute atomic E-state index is 5.70. The van der Waals surface area contributed by atoms with Crippen LogP contribution in [0.1, 0.15) is 69.8 Å². The Morgan fingerprint density at radius 2 is 1.21 bits per heavy atom. The number of ether oxygens (including phenoxy) is 2. The molecule has 0 radical (unpaired) electrons. The second-order valence-electron chi connectivity index (χ2n) is 6.63. The van der Waals surface area contributed by atoms with Crippen LogP contribution in [0.15, 0.2) is 24.3 Å². The first-order valence-electron chi connectivity index (χ1n) is 9.74. The fourth-order valence-electron chi connectivity index (χ4n) is 2.88. The molecule has 0 aliphatic rings. The van der Waals surface area contributed by atoms with Crippen LogP contribution in [0.25, 0.3) is 0 Å². The van der Waals surface area contributed by atoms with Crippen molar-refractivity contribution >= 4 is 5.69 Å². The fourth-order valence-corrected chi connectivity index (χ4v) is 2.88. The molecule has 0 aliphatic heterocycles. The predicted molar refractivity (Wildman–Crippen MR) is 103 cm³/mol. The van der Waals surface area contributed by atoms with Gasteiger partial charge in [0.05, 0.1) is 13.2 Å². The topological polar surface area (TPSA) is 44.5 Å². The summed E-state index contributed by atoms with van der Waals surface area (Å²) < 4.78 is 10.4. The summed E-state index contributed by atoms with van der Waals surface area (Å²) in [5.41, 5.74) is 7.97. The molecular weight excluding hydrogens is 298 g/mol. The lowest BCUT2D eigenvalue weighted by atomic mass is 10.0. The number of rotatable bonds is 16. The summed E-state index contributed by atoms with van der Waals surface area (Å²) >= 11 is 0. The monoisotopic (exact) mass is 335 g/mol. The molecule has 0 saturated carbocycles. The zero-order valence-corrected chi connectivity index (χ0v) is 15.6. The first-order chi connectivity index (χ1) is 11.8. The average Bonchev–Trinajstić information content (AvgIpc) is 2.60. The number of hydrogen-bond donors (Lipinski definition) is 1. The van der Waals surface area contributed by atoms with Gasteiger partial charge in [0.2, 0.25) is 0 Å². The van der Waals surface area contributed by atoms with Gasteiger partial charge >= 0.3 is 0 Å². The summed E-state index contributed by atoms with van der Waals surface area (Å²) in [6.07, 6.45) is 14.6. The predicted octanol–water partition coefficient (Wildman–Crippen LogP) is 5.38. The largest absolute Gasteiger partial charge is 0.399 e. The zero-order chi connectivity index (χ0) is 17.3. The zero-order valence-electron chi connectivity index (χ0n) is 15.6. The van der Waals surface area contributed by atoms with Gasteiger partial charge in [0.15, 0.2) is 0 Å². The number of methoxy groups -OCH3 is 1. The summed E-state index contributed by atoms with van der Waals surface area (Å²) in [6, 6.07) is 8.30. The van der Waals surface area contributed by atoms with E-state index in [0.29, 0.717) is 6.61 Å². The van der Waals surface area contributed by atoms with Gasteiger partial charge in [-0.2, -0.15) is 0 Å². The molecular formula is C21H37NO2. The number of nitrogens with two attached hydrogens (primary N) is 1. The van der Waals surface area contributed by atoms with Crippen molar-refractivity contribution in [3.63, 3.8) is 0 Å². The molecule has 3 heteroatoms. The summed E-state index contributed by atoms with van der Waals surface area (Å²) in [4.78, 5) is 0. The lowest BCUT2D eigenvalue weighted by molar-refractivity contribution is 0.0685. The second-order valence-corrected chi connectivity index (χ2v) is 6.63. The number of anilines is 1. The number of hydrogen-bond acceptors (Lipinski definition) is 3. The molecule has 0 amide bonds. The van der Waals surface area contributed by atoms with E-state index in [2.05, 4.69) is 12.1 Å². The van der Waals surface area contributed by atoms with Crippen molar-refractivity contribution in [3.8, 4) is 0 Å². The Balaban J connectivity index is 1.75. The van der Waals surface area contributed by atoms with E-state index >= 15 is 0 Å². The lowest BCUT2D eigenvalue weighted by Crippen LogP contribution is -2.02. The fraction of sp³-hybridized carbons (Fsp3) is 0.714. The van der Waals surface area contributed by atoms with E-state index < -0.39 is 0 Å². The van der Waals surface area contributed by atoms with Crippen LogP contribution in [0.3, 0.4) is 0 Å². The molecule has 0 heterocycles.